The van der Waals surface area contributed by atoms with Gasteiger partial charge in [0.25, 0.3) is 10.0 Å². The molecule has 1 heterocycles. The number of alkyl halides is 3. The number of fused-ring (bicyclic) bond motifs is 1. The van der Waals surface area contributed by atoms with E-state index >= 15 is 0 Å². The Kier molecular flexibility index (Phi) is 4.28. The van der Waals surface area contributed by atoms with Crippen molar-refractivity contribution in [3.05, 3.63) is 52.5 Å². The smallest absolute Gasteiger partial charge is 0.323 e. The molecule has 3 rings (SSSR count). The molecule has 1 amide bonds. The number of anilines is 2. The van der Waals surface area contributed by atoms with Crippen molar-refractivity contribution in [3.8, 4) is 0 Å². The molecule has 2 aromatic rings. The summed E-state index contributed by atoms with van der Waals surface area (Å²) in [5, 5.41) is 2.56. The van der Waals surface area contributed by atoms with Gasteiger partial charge in [0.2, 0.25) is 5.91 Å². The second-order valence-electron chi connectivity index (χ2n) is 5.24. The minimum absolute atomic E-state index is 0.230. The third-order valence-electron chi connectivity index (χ3n) is 3.56. The van der Waals surface area contributed by atoms with E-state index in [-0.39, 0.29) is 10.6 Å². The summed E-state index contributed by atoms with van der Waals surface area (Å²) in [6.07, 6.45) is -4.56. The van der Waals surface area contributed by atoms with Crippen molar-refractivity contribution >= 4 is 43.2 Å². The zero-order valence-corrected chi connectivity index (χ0v) is 14.7. The van der Waals surface area contributed by atoms with Crippen LogP contribution in [0.2, 0.25) is 0 Å². The van der Waals surface area contributed by atoms with Gasteiger partial charge in [-0.1, -0.05) is 15.9 Å². The van der Waals surface area contributed by atoms with Crippen molar-refractivity contribution in [1.82, 2.24) is 0 Å². The third kappa shape index (κ3) is 3.36. The number of nitrogens with zero attached hydrogens (tertiary/aromatic N) is 1. The van der Waals surface area contributed by atoms with Crippen LogP contribution in [0, 0.1) is 0 Å². The van der Waals surface area contributed by atoms with Crippen LogP contribution in [-0.2, 0) is 21.0 Å². The van der Waals surface area contributed by atoms with Crippen LogP contribution in [0.4, 0.5) is 24.5 Å². The number of halogens is 4. The summed E-state index contributed by atoms with van der Waals surface area (Å²) in [7, 11) is -4.20. The Labute approximate surface area is 149 Å². The van der Waals surface area contributed by atoms with Crippen molar-refractivity contribution < 1.29 is 26.4 Å². The first-order valence-corrected chi connectivity index (χ1v) is 9.12. The lowest BCUT2D eigenvalue weighted by Crippen LogP contribution is -2.42. The molecule has 0 aromatic heterocycles. The van der Waals surface area contributed by atoms with E-state index in [4.69, 9.17) is 0 Å². The Hall–Kier alpha value is -2.07. The molecule has 0 atom stereocenters. The van der Waals surface area contributed by atoms with Gasteiger partial charge < -0.3 is 5.32 Å². The first-order valence-electron chi connectivity index (χ1n) is 6.88. The predicted octanol–water partition coefficient (Wildman–Crippen LogP) is 3.62. The van der Waals surface area contributed by atoms with Gasteiger partial charge in [0.05, 0.1) is 21.8 Å². The number of hydrogen-bond acceptors (Lipinski definition) is 3. The first-order chi connectivity index (χ1) is 11.6. The Morgan fingerprint density at radius 2 is 1.72 bits per heavy atom. The Bertz CT molecular complexity index is 943. The van der Waals surface area contributed by atoms with Crippen molar-refractivity contribution in [1.29, 1.82) is 0 Å². The Balaban J connectivity index is 2.06. The molecular weight excluding hydrogens is 425 g/mol. The maximum absolute atomic E-state index is 12.8. The van der Waals surface area contributed by atoms with Gasteiger partial charge in [-0.3, -0.25) is 9.10 Å². The first kappa shape index (κ1) is 17.7. The molecule has 0 bridgehead atoms. The summed E-state index contributed by atoms with van der Waals surface area (Å²) in [6, 6.07) is 7.82. The number of nitrogens with one attached hydrogen (secondary N) is 1. The molecule has 0 unspecified atom stereocenters. The van der Waals surface area contributed by atoms with E-state index < -0.39 is 34.2 Å². The molecule has 0 spiro atoms. The number of carbonyl (C=O) groups is 1. The van der Waals surface area contributed by atoms with Crippen LogP contribution in [-0.4, -0.2) is 20.9 Å². The summed E-state index contributed by atoms with van der Waals surface area (Å²) in [4.78, 5) is 11.5. The molecule has 25 heavy (non-hydrogen) atoms. The molecule has 0 saturated heterocycles. The van der Waals surface area contributed by atoms with Crippen LogP contribution in [0.1, 0.15) is 5.56 Å². The molecule has 2 aromatic carbocycles. The largest absolute Gasteiger partial charge is 0.416 e. The summed E-state index contributed by atoms with van der Waals surface area (Å²) in [5.74, 6) is -0.537. The molecule has 0 radical (unpaired) electrons. The Morgan fingerprint density at radius 3 is 2.32 bits per heavy atom. The van der Waals surface area contributed by atoms with Gasteiger partial charge in [-0.25, -0.2) is 8.42 Å². The van der Waals surface area contributed by atoms with Crippen LogP contribution in [0.3, 0.4) is 0 Å². The average molecular weight is 435 g/mol. The van der Waals surface area contributed by atoms with Gasteiger partial charge >= 0.3 is 6.18 Å². The van der Waals surface area contributed by atoms with Gasteiger partial charge in [0.15, 0.2) is 0 Å². The fourth-order valence-corrected chi connectivity index (χ4v) is 4.16. The maximum atomic E-state index is 12.8. The van der Waals surface area contributed by atoms with Crippen LogP contribution >= 0.6 is 15.9 Å². The van der Waals surface area contributed by atoms with E-state index in [2.05, 4.69) is 21.2 Å². The summed E-state index contributed by atoms with van der Waals surface area (Å²) in [5.41, 5.74) is -0.421. The lowest BCUT2D eigenvalue weighted by molar-refractivity contribution is -0.137. The summed E-state index contributed by atoms with van der Waals surface area (Å²) >= 11 is 3.23. The average Bonchev–Trinajstić information content (AvgIpc) is 2.54. The normalized spacial score (nSPS) is 14.9. The molecule has 132 valence electrons. The van der Waals surface area contributed by atoms with Gasteiger partial charge in [-0.2, -0.15) is 13.2 Å². The number of carbonyl (C=O) groups excluding carboxylic acids is 1. The summed E-state index contributed by atoms with van der Waals surface area (Å²) < 4.78 is 65.0. The van der Waals surface area contributed by atoms with Crippen molar-refractivity contribution in [2.45, 2.75) is 11.1 Å². The number of rotatable bonds is 2. The molecule has 1 aliphatic rings. The number of sulfonamides is 1. The van der Waals surface area contributed by atoms with Crippen LogP contribution < -0.4 is 9.62 Å². The van der Waals surface area contributed by atoms with E-state index in [0.717, 1.165) is 16.4 Å². The molecule has 10 heteroatoms. The van der Waals surface area contributed by atoms with Gasteiger partial charge in [0, 0.05) is 4.47 Å². The zero-order chi connectivity index (χ0) is 18.4. The highest BCUT2D eigenvalue weighted by Gasteiger charge is 2.34. The minimum atomic E-state index is -4.56. The van der Waals surface area contributed by atoms with Crippen LogP contribution in [0.5, 0.6) is 0 Å². The highest BCUT2D eigenvalue weighted by molar-refractivity contribution is 9.10. The molecule has 5 nitrogen and oxygen atoms in total. The fraction of sp³-hybridized carbons (Fsp3) is 0.133. The molecule has 0 fully saturated rings. The third-order valence-corrected chi connectivity index (χ3v) is 5.83. The van der Waals surface area contributed by atoms with E-state index in [1.54, 1.807) is 6.07 Å². The van der Waals surface area contributed by atoms with Crippen molar-refractivity contribution in [2.75, 3.05) is 16.2 Å². The molecular formula is C15H10BrF3N2O3S. The van der Waals surface area contributed by atoms with Gasteiger partial charge in [-0.05, 0) is 42.5 Å². The van der Waals surface area contributed by atoms with Gasteiger partial charge in [0.1, 0.15) is 6.54 Å². The predicted molar refractivity (Wildman–Crippen MR) is 88.7 cm³/mol. The molecule has 1 N–H and O–H groups in total. The van der Waals surface area contributed by atoms with Gasteiger partial charge in [-0.15, -0.1) is 0 Å². The number of hydrogen-bond donors (Lipinski definition) is 1. The SMILES string of the molecule is O=C1CN(S(=O)(=O)c2ccc(C(F)(F)F)cc2)c2cc(Br)ccc2N1. The zero-order valence-electron chi connectivity index (χ0n) is 12.3. The number of benzene rings is 2. The quantitative estimate of drug-likeness (QED) is 0.784. The maximum Gasteiger partial charge on any atom is 0.416 e. The lowest BCUT2D eigenvalue weighted by Gasteiger charge is -2.30. The van der Waals surface area contributed by atoms with E-state index in [1.807, 2.05) is 0 Å². The second-order valence-corrected chi connectivity index (χ2v) is 8.02. The molecule has 0 aliphatic carbocycles. The van der Waals surface area contributed by atoms with E-state index in [9.17, 15) is 26.4 Å². The molecule has 1 aliphatic heterocycles. The standard InChI is InChI=1S/C15H10BrF3N2O3S/c16-10-3-6-12-13(7-10)21(8-14(22)20-12)25(23,24)11-4-1-9(2-5-11)15(17,18)19/h1-7H,8H2,(H,20,22). The topological polar surface area (TPSA) is 66.5 Å². The second kappa shape index (κ2) is 6.03. The Morgan fingerprint density at radius 1 is 1.08 bits per heavy atom. The van der Waals surface area contributed by atoms with E-state index in [0.29, 0.717) is 22.3 Å². The highest BCUT2D eigenvalue weighted by atomic mass is 79.9. The lowest BCUT2D eigenvalue weighted by atomic mass is 10.2. The van der Waals surface area contributed by atoms with Crippen molar-refractivity contribution in [2.24, 2.45) is 0 Å². The van der Waals surface area contributed by atoms with Crippen molar-refractivity contribution in [3.63, 3.8) is 0 Å². The van der Waals surface area contributed by atoms with Crippen LogP contribution in [0.25, 0.3) is 0 Å². The summed E-state index contributed by atoms with van der Waals surface area (Å²) in [6.45, 7) is -0.465. The fourth-order valence-electron chi connectivity index (χ4n) is 2.38. The minimum Gasteiger partial charge on any atom is -0.323 e. The monoisotopic (exact) mass is 434 g/mol. The van der Waals surface area contributed by atoms with Crippen LogP contribution in [0.15, 0.2) is 51.8 Å². The highest BCUT2D eigenvalue weighted by Crippen LogP contribution is 2.36. The van der Waals surface area contributed by atoms with E-state index in [1.165, 1.54) is 12.1 Å². The number of amides is 1. The molecule has 0 saturated carbocycles.